The number of nitrogens with one attached hydrogen (secondary N) is 1. The summed E-state index contributed by atoms with van der Waals surface area (Å²) >= 11 is 0. The van der Waals surface area contributed by atoms with Crippen molar-refractivity contribution in [3.63, 3.8) is 0 Å². The van der Waals surface area contributed by atoms with E-state index in [1.165, 1.54) is 12.3 Å². The summed E-state index contributed by atoms with van der Waals surface area (Å²) in [5.41, 5.74) is 0.241. The van der Waals surface area contributed by atoms with E-state index in [0.29, 0.717) is 5.76 Å². The fraction of sp³-hybridized carbons (Fsp3) is 0.462. The summed E-state index contributed by atoms with van der Waals surface area (Å²) in [7, 11) is 0. The molecule has 1 rings (SSSR count). The van der Waals surface area contributed by atoms with Gasteiger partial charge in [0, 0.05) is 6.42 Å². The van der Waals surface area contributed by atoms with Crippen molar-refractivity contribution in [1.29, 1.82) is 0 Å². The Morgan fingerprint density at radius 3 is 2.65 bits per heavy atom. The van der Waals surface area contributed by atoms with Gasteiger partial charge in [-0.3, -0.25) is 9.59 Å². The molecule has 0 radical (unpaired) electrons. The van der Waals surface area contributed by atoms with Crippen molar-refractivity contribution < 1.29 is 28.6 Å². The van der Waals surface area contributed by atoms with Crippen LogP contribution in [0, 0.1) is 6.92 Å². The van der Waals surface area contributed by atoms with Gasteiger partial charge < -0.3 is 19.6 Å². The minimum atomic E-state index is -1.21. The van der Waals surface area contributed by atoms with Crippen molar-refractivity contribution >= 4 is 17.8 Å². The normalized spacial score (nSPS) is 11.7. The zero-order valence-electron chi connectivity index (χ0n) is 11.3. The van der Waals surface area contributed by atoms with E-state index in [0.717, 1.165) is 0 Å². The molecular formula is C13H17NO6. The highest BCUT2D eigenvalue weighted by atomic mass is 16.5. The lowest BCUT2D eigenvalue weighted by molar-refractivity contribution is -0.144. The summed E-state index contributed by atoms with van der Waals surface area (Å²) in [4.78, 5) is 34.0. The smallest absolute Gasteiger partial charge is 0.326 e. The number of hydrogen-bond donors (Lipinski definition) is 2. The van der Waals surface area contributed by atoms with Gasteiger partial charge in [-0.2, -0.15) is 0 Å². The standard InChI is InChI=1S/C13H17NO6/c1-3-19-11(15)5-4-10(13(17)18)14-12(16)9-6-8(2)20-7-9/h6-7,10H,3-5H2,1-2H3,(H,14,16)(H,17,18)/t10-/m0/s1. The van der Waals surface area contributed by atoms with Gasteiger partial charge in [-0.1, -0.05) is 0 Å². The molecule has 0 aliphatic carbocycles. The number of carboxylic acid groups (broad SMARTS) is 1. The number of hydrogen-bond acceptors (Lipinski definition) is 5. The van der Waals surface area contributed by atoms with Gasteiger partial charge in [0.2, 0.25) is 0 Å². The molecule has 0 unspecified atom stereocenters. The van der Waals surface area contributed by atoms with Crippen LogP contribution < -0.4 is 5.32 Å². The van der Waals surface area contributed by atoms with Crippen LogP contribution in [0.15, 0.2) is 16.7 Å². The number of esters is 1. The lowest BCUT2D eigenvalue weighted by Crippen LogP contribution is -2.41. The van der Waals surface area contributed by atoms with Crippen LogP contribution in [0.4, 0.5) is 0 Å². The van der Waals surface area contributed by atoms with Gasteiger partial charge in [0.25, 0.3) is 5.91 Å². The third-order valence-electron chi connectivity index (χ3n) is 2.54. The lowest BCUT2D eigenvalue weighted by atomic mass is 10.1. The Balaban J connectivity index is 2.57. The molecule has 20 heavy (non-hydrogen) atoms. The number of carbonyl (C=O) groups excluding carboxylic acids is 2. The minimum absolute atomic E-state index is 0.0310. The second-order valence-corrected chi connectivity index (χ2v) is 4.15. The first-order valence-electron chi connectivity index (χ1n) is 6.18. The monoisotopic (exact) mass is 283 g/mol. The number of aryl methyl sites for hydroxylation is 1. The average Bonchev–Trinajstić information content (AvgIpc) is 2.81. The van der Waals surface area contributed by atoms with E-state index in [1.54, 1.807) is 13.8 Å². The first-order chi connectivity index (χ1) is 9.43. The van der Waals surface area contributed by atoms with Crippen molar-refractivity contribution in [2.45, 2.75) is 32.7 Å². The molecule has 0 aliphatic heterocycles. The third kappa shape index (κ3) is 4.75. The van der Waals surface area contributed by atoms with E-state index in [1.807, 2.05) is 0 Å². The quantitative estimate of drug-likeness (QED) is 0.726. The Kier molecular flexibility index (Phi) is 5.76. The first-order valence-corrected chi connectivity index (χ1v) is 6.18. The van der Waals surface area contributed by atoms with Crippen LogP contribution in [0.25, 0.3) is 0 Å². The molecule has 0 spiro atoms. The van der Waals surface area contributed by atoms with Gasteiger partial charge in [0.15, 0.2) is 0 Å². The van der Waals surface area contributed by atoms with E-state index >= 15 is 0 Å². The van der Waals surface area contributed by atoms with E-state index in [4.69, 9.17) is 14.3 Å². The molecule has 0 aliphatic rings. The van der Waals surface area contributed by atoms with Crippen LogP contribution in [0.1, 0.15) is 35.9 Å². The number of carboxylic acids is 1. The van der Waals surface area contributed by atoms with Crippen LogP contribution in [0.5, 0.6) is 0 Å². The van der Waals surface area contributed by atoms with Gasteiger partial charge >= 0.3 is 11.9 Å². The molecule has 7 heteroatoms. The summed E-state index contributed by atoms with van der Waals surface area (Å²) in [6.07, 6.45) is 1.14. The second-order valence-electron chi connectivity index (χ2n) is 4.15. The second kappa shape index (κ2) is 7.32. The Bertz CT molecular complexity index is 493. The van der Waals surface area contributed by atoms with Crippen LogP contribution in [0.3, 0.4) is 0 Å². The Morgan fingerprint density at radius 1 is 1.45 bits per heavy atom. The van der Waals surface area contributed by atoms with Crippen LogP contribution >= 0.6 is 0 Å². The van der Waals surface area contributed by atoms with Crippen molar-refractivity contribution in [2.24, 2.45) is 0 Å². The molecule has 1 atom stereocenters. The molecule has 1 aromatic rings. The van der Waals surface area contributed by atoms with Gasteiger partial charge in [-0.15, -0.1) is 0 Å². The molecule has 0 saturated carbocycles. The Hall–Kier alpha value is -2.31. The van der Waals surface area contributed by atoms with E-state index in [-0.39, 0.29) is 25.0 Å². The third-order valence-corrected chi connectivity index (χ3v) is 2.54. The zero-order valence-corrected chi connectivity index (χ0v) is 11.3. The summed E-state index contributed by atoms with van der Waals surface area (Å²) in [6.45, 7) is 3.57. The van der Waals surface area contributed by atoms with Crippen molar-refractivity contribution in [1.82, 2.24) is 5.32 Å². The molecule has 0 bridgehead atoms. The first kappa shape index (κ1) is 15.7. The van der Waals surface area contributed by atoms with Gasteiger partial charge in [0.05, 0.1) is 12.2 Å². The number of carbonyl (C=O) groups is 3. The molecule has 7 nitrogen and oxygen atoms in total. The molecule has 1 amide bonds. The maximum absolute atomic E-state index is 11.8. The van der Waals surface area contributed by atoms with Crippen LogP contribution in [0.2, 0.25) is 0 Å². The molecule has 110 valence electrons. The molecule has 0 saturated heterocycles. The average molecular weight is 283 g/mol. The fourth-order valence-corrected chi connectivity index (χ4v) is 1.56. The SMILES string of the molecule is CCOC(=O)CC[C@H](NC(=O)c1coc(C)c1)C(=O)O. The van der Waals surface area contributed by atoms with Gasteiger partial charge in [-0.05, 0) is 26.3 Å². The molecule has 1 heterocycles. The maximum Gasteiger partial charge on any atom is 0.326 e. The largest absolute Gasteiger partial charge is 0.480 e. The Morgan fingerprint density at radius 2 is 2.15 bits per heavy atom. The minimum Gasteiger partial charge on any atom is -0.480 e. The number of rotatable bonds is 7. The van der Waals surface area contributed by atoms with E-state index in [9.17, 15) is 14.4 Å². The van der Waals surface area contributed by atoms with E-state index in [2.05, 4.69) is 5.32 Å². The maximum atomic E-state index is 11.8. The highest BCUT2D eigenvalue weighted by molar-refractivity contribution is 5.96. The molecule has 0 aromatic carbocycles. The number of furan rings is 1. The molecule has 2 N–H and O–H groups in total. The highest BCUT2D eigenvalue weighted by Crippen LogP contribution is 2.07. The van der Waals surface area contributed by atoms with Crippen LogP contribution in [-0.4, -0.2) is 35.6 Å². The highest BCUT2D eigenvalue weighted by Gasteiger charge is 2.22. The predicted molar refractivity (Wildman–Crippen MR) is 68.2 cm³/mol. The number of amides is 1. The zero-order chi connectivity index (χ0) is 15.1. The predicted octanol–water partition coefficient (Wildman–Crippen LogP) is 1.11. The summed E-state index contributed by atoms with van der Waals surface area (Å²) < 4.78 is 9.68. The topological polar surface area (TPSA) is 106 Å². The van der Waals surface area contributed by atoms with E-state index < -0.39 is 23.9 Å². The summed E-state index contributed by atoms with van der Waals surface area (Å²) in [5.74, 6) is -1.71. The number of ether oxygens (including phenoxy) is 1. The molecule has 1 aromatic heterocycles. The van der Waals surface area contributed by atoms with Crippen LogP contribution in [-0.2, 0) is 14.3 Å². The van der Waals surface area contributed by atoms with Gasteiger partial charge in [0.1, 0.15) is 18.1 Å². The van der Waals surface area contributed by atoms with Crippen molar-refractivity contribution in [3.05, 3.63) is 23.7 Å². The summed E-state index contributed by atoms with van der Waals surface area (Å²) in [5, 5.41) is 11.4. The van der Waals surface area contributed by atoms with Crippen molar-refractivity contribution in [2.75, 3.05) is 6.61 Å². The summed E-state index contributed by atoms with van der Waals surface area (Å²) in [6, 6.07) is 0.349. The van der Waals surface area contributed by atoms with Crippen molar-refractivity contribution in [3.8, 4) is 0 Å². The fourth-order valence-electron chi connectivity index (χ4n) is 1.56. The molecule has 0 fully saturated rings. The van der Waals surface area contributed by atoms with Gasteiger partial charge in [-0.25, -0.2) is 4.79 Å². The number of aliphatic carboxylic acids is 1. The lowest BCUT2D eigenvalue weighted by Gasteiger charge is -2.13. The Labute approximate surface area is 115 Å². The molecular weight excluding hydrogens is 266 g/mol.